The highest BCUT2D eigenvalue weighted by atomic mass is 35.5. The summed E-state index contributed by atoms with van der Waals surface area (Å²) in [5.41, 5.74) is 2.16. The summed E-state index contributed by atoms with van der Waals surface area (Å²) in [6, 6.07) is 14.6. The van der Waals surface area contributed by atoms with Crippen molar-refractivity contribution in [1.82, 2.24) is 25.2 Å². The zero-order valence-corrected chi connectivity index (χ0v) is 21.7. The van der Waals surface area contributed by atoms with E-state index >= 15 is 0 Å². The van der Waals surface area contributed by atoms with Crippen molar-refractivity contribution < 1.29 is 13.4 Å². The second kappa shape index (κ2) is 10.5. The third-order valence-corrected chi connectivity index (χ3v) is 6.80. The average molecular weight is 536 g/mol. The van der Waals surface area contributed by atoms with Crippen molar-refractivity contribution in [2.24, 2.45) is 5.10 Å². The molecule has 0 aliphatic carbocycles. The van der Waals surface area contributed by atoms with E-state index in [1.54, 1.807) is 61.1 Å². The van der Waals surface area contributed by atoms with E-state index in [1.165, 1.54) is 0 Å². The molecule has 0 radical (unpaired) electrons. The molecule has 1 aliphatic heterocycles. The first kappa shape index (κ1) is 24.6. The Kier molecular flexibility index (Phi) is 6.97. The van der Waals surface area contributed by atoms with Gasteiger partial charge in [-0.05, 0) is 36.4 Å². The number of nitrogens with zero attached hydrogens (tertiary/aromatic N) is 7. The molecule has 2 atom stereocenters. The summed E-state index contributed by atoms with van der Waals surface area (Å²) in [5.74, 6) is 1.68. The molecule has 3 aromatic heterocycles. The topological polar surface area (TPSA) is 110 Å². The van der Waals surface area contributed by atoms with E-state index in [0.29, 0.717) is 39.0 Å². The Balaban J connectivity index is 1.47. The quantitative estimate of drug-likeness (QED) is 0.340. The van der Waals surface area contributed by atoms with Crippen molar-refractivity contribution in [2.75, 3.05) is 25.3 Å². The molecule has 2 unspecified atom stereocenters. The Morgan fingerprint density at radius 3 is 2.68 bits per heavy atom. The number of aromatic nitrogens is 4. The highest BCUT2D eigenvalue weighted by molar-refractivity contribution is 7.84. The lowest BCUT2D eigenvalue weighted by molar-refractivity contribution is 0.285. The molecule has 10 nitrogen and oxygen atoms in total. The zero-order valence-electron chi connectivity index (χ0n) is 20.1. The minimum Gasteiger partial charge on any atom is -0.481 e. The van der Waals surface area contributed by atoms with Crippen LogP contribution in [0.2, 0.25) is 5.02 Å². The smallest absolute Gasteiger partial charge is 0.248 e. The van der Waals surface area contributed by atoms with Gasteiger partial charge in [0, 0.05) is 43.4 Å². The SMILES string of the molecule is COc1cc(-c2nnc(/C=C/C3=NN(C)C(c4ccc(S(C)=O)cn4)N3c3ccccc3Cl)o2)ccn1. The van der Waals surface area contributed by atoms with Crippen LogP contribution in [0.25, 0.3) is 17.5 Å². The second-order valence-electron chi connectivity index (χ2n) is 7.97. The minimum absolute atomic E-state index is 0.298. The molecule has 0 saturated heterocycles. The fourth-order valence-corrected chi connectivity index (χ4v) is 4.52. The lowest BCUT2D eigenvalue weighted by atomic mass is 10.2. The maximum atomic E-state index is 11.8. The van der Waals surface area contributed by atoms with Gasteiger partial charge >= 0.3 is 0 Å². The van der Waals surface area contributed by atoms with E-state index in [0.717, 1.165) is 11.4 Å². The summed E-state index contributed by atoms with van der Waals surface area (Å²) < 4.78 is 22.8. The highest BCUT2D eigenvalue weighted by Gasteiger charge is 2.35. The number of benzene rings is 1. The van der Waals surface area contributed by atoms with Gasteiger partial charge in [-0.15, -0.1) is 10.2 Å². The van der Waals surface area contributed by atoms with E-state index in [-0.39, 0.29) is 6.17 Å². The predicted molar refractivity (Wildman–Crippen MR) is 142 cm³/mol. The van der Waals surface area contributed by atoms with Gasteiger partial charge in [0.15, 0.2) is 12.0 Å². The van der Waals surface area contributed by atoms with Crippen LogP contribution < -0.4 is 9.64 Å². The molecule has 4 aromatic rings. The van der Waals surface area contributed by atoms with Crippen molar-refractivity contribution in [3.05, 3.63) is 83.6 Å². The molecule has 37 heavy (non-hydrogen) atoms. The van der Waals surface area contributed by atoms with Gasteiger partial charge in [-0.3, -0.25) is 19.1 Å². The first-order valence-electron chi connectivity index (χ1n) is 11.1. The van der Waals surface area contributed by atoms with Crippen LogP contribution in [-0.4, -0.2) is 55.6 Å². The van der Waals surface area contributed by atoms with Gasteiger partial charge in [0.05, 0.1) is 39.2 Å². The maximum Gasteiger partial charge on any atom is 0.248 e. The summed E-state index contributed by atoms with van der Waals surface area (Å²) in [6.45, 7) is 0. The number of halogens is 1. The van der Waals surface area contributed by atoms with Crippen LogP contribution in [0.4, 0.5) is 5.69 Å². The summed E-state index contributed by atoms with van der Waals surface area (Å²) in [5, 5.41) is 15.3. The number of anilines is 1. The number of hydrogen-bond acceptors (Lipinski definition) is 10. The van der Waals surface area contributed by atoms with Gasteiger partial charge in [-0.25, -0.2) is 4.98 Å². The van der Waals surface area contributed by atoms with E-state index in [4.69, 9.17) is 25.9 Å². The standard InChI is InChI=1S/C25H22ClN7O3S/c1-32-25(19-9-8-17(15-28-19)37(3)34)33(20-7-5-4-6-18(20)26)21(31-32)10-11-22-29-30-24(36-22)16-12-13-27-23(14-16)35-2/h4-15,25H,1-3H3/b11-10+. The Morgan fingerprint density at radius 1 is 1.11 bits per heavy atom. The summed E-state index contributed by atoms with van der Waals surface area (Å²) in [4.78, 5) is 11.3. The van der Waals surface area contributed by atoms with Gasteiger partial charge in [-0.2, -0.15) is 5.10 Å². The molecule has 0 spiro atoms. The van der Waals surface area contributed by atoms with Crippen molar-refractivity contribution in [2.45, 2.75) is 11.1 Å². The highest BCUT2D eigenvalue weighted by Crippen LogP contribution is 2.38. The van der Waals surface area contributed by atoms with Gasteiger partial charge < -0.3 is 9.15 Å². The van der Waals surface area contributed by atoms with Crippen LogP contribution in [0.15, 0.2) is 81.4 Å². The molecular weight excluding hydrogens is 514 g/mol. The molecule has 0 bridgehead atoms. The predicted octanol–water partition coefficient (Wildman–Crippen LogP) is 4.40. The maximum absolute atomic E-state index is 11.8. The number of pyridine rings is 2. The number of methoxy groups -OCH3 is 1. The molecule has 188 valence electrons. The van der Waals surface area contributed by atoms with Gasteiger partial charge in [0.1, 0.15) is 0 Å². The second-order valence-corrected chi connectivity index (χ2v) is 9.75. The third-order valence-electron chi connectivity index (χ3n) is 5.58. The fourth-order valence-electron chi connectivity index (χ4n) is 3.83. The number of hydrogen-bond donors (Lipinski definition) is 0. The van der Waals surface area contributed by atoms with Crippen LogP contribution >= 0.6 is 11.6 Å². The lowest BCUT2D eigenvalue weighted by Gasteiger charge is -2.30. The van der Waals surface area contributed by atoms with Crippen LogP contribution in [0.5, 0.6) is 5.88 Å². The molecule has 5 rings (SSSR count). The Morgan fingerprint density at radius 2 is 1.95 bits per heavy atom. The van der Waals surface area contributed by atoms with E-state index in [1.807, 2.05) is 42.3 Å². The third kappa shape index (κ3) is 5.09. The van der Waals surface area contributed by atoms with Crippen molar-refractivity contribution in [3.63, 3.8) is 0 Å². The monoisotopic (exact) mass is 535 g/mol. The Bertz CT molecular complexity index is 1510. The molecule has 4 heterocycles. The van der Waals surface area contributed by atoms with Gasteiger partial charge in [0.25, 0.3) is 0 Å². The van der Waals surface area contributed by atoms with Gasteiger partial charge in [0.2, 0.25) is 17.7 Å². The molecule has 0 fully saturated rings. The Labute approximate surface area is 220 Å². The van der Waals surface area contributed by atoms with Crippen molar-refractivity contribution in [1.29, 1.82) is 0 Å². The summed E-state index contributed by atoms with van der Waals surface area (Å²) in [7, 11) is 2.27. The largest absolute Gasteiger partial charge is 0.481 e. The Hall–Kier alpha value is -4.09. The van der Waals surface area contributed by atoms with Crippen LogP contribution in [-0.2, 0) is 10.8 Å². The summed E-state index contributed by atoms with van der Waals surface area (Å²) in [6.07, 6.45) is 7.92. The fraction of sp³-hybridized carbons (Fsp3) is 0.160. The normalized spacial score (nSPS) is 16.3. The van der Waals surface area contributed by atoms with E-state index in [2.05, 4.69) is 20.2 Å². The molecule has 1 aliphatic rings. The first-order valence-corrected chi connectivity index (χ1v) is 13.0. The lowest BCUT2D eigenvalue weighted by Crippen LogP contribution is -2.34. The average Bonchev–Trinajstić information content (AvgIpc) is 3.52. The number of rotatable bonds is 7. The molecule has 12 heteroatoms. The minimum atomic E-state index is -1.13. The first-order chi connectivity index (χ1) is 17.9. The van der Waals surface area contributed by atoms with E-state index < -0.39 is 10.8 Å². The van der Waals surface area contributed by atoms with Crippen molar-refractivity contribution in [3.8, 4) is 17.3 Å². The van der Waals surface area contributed by atoms with Gasteiger partial charge in [-0.1, -0.05) is 23.7 Å². The van der Waals surface area contributed by atoms with Crippen LogP contribution in [0.1, 0.15) is 17.8 Å². The molecule has 0 saturated carbocycles. The molecule has 0 N–H and O–H groups in total. The molecule has 1 aromatic carbocycles. The number of ether oxygens (including phenoxy) is 1. The molecule has 0 amide bonds. The number of amidine groups is 1. The van der Waals surface area contributed by atoms with E-state index in [9.17, 15) is 4.21 Å². The zero-order chi connectivity index (χ0) is 25.9. The van der Waals surface area contributed by atoms with Crippen LogP contribution in [0.3, 0.4) is 0 Å². The summed E-state index contributed by atoms with van der Waals surface area (Å²) >= 11 is 6.59. The van der Waals surface area contributed by atoms with Crippen molar-refractivity contribution >= 4 is 40.0 Å². The number of para-hydroxylation sites is 1. The van der Waals surface area contributed by atoms with Crippen LogP contribution in [0, 0.1) is 0 Å². The molecular formula is C25H22ClN7O3S. The number of hydrazone groups is 1.